The molecule has 1 aliphatic heterocycles. The van der Waals surface area contributed by atoms with Gasteiger partial charge in [-0.05, 0) is 36.4 Å². The van der Waals surface area contributed by atoms with E-state index in [2.05, 4.69) is 26.2 Å². The Bertz CT molecular complexity index is 614. The third-order valence-corrected chi connectivity index (χ3v) is 3.09. The van der Waals surface area contributed by atoms with E-state index in [1.807, 2.05) is 11.9 Å². The van der Waals surface area contributed by atoms with Gasteiger partial charge in [-0.3, -0.25) is 4.79 Å². The number of benzene rings is 1. The van der Waals surface area contributed by atoms with E-state index in [0.717, 1.165) is 4.47 Å². The van der Waals surface area contributed by atoms with Crippen molar-refractivity contribution >= 4 is 21.8 Å². The second kappa shape index (κ2) is 6.29. The highest BCUT2D eigenvalue weighted by molar-refractivity contribution is 9.10. The van der Waals surface area contributed by atoms with Gasteiger partial charge in [0.25, 0.3) is 5.91 Å². The van der Waals surface area contributed by atoms with Crippen molar-refractivity contribution in [2.45, 2.75) is 0 Å². The smallest absolute Gasteiger partial charge is 0.295 e. The fourth-order valence-electron chi connectivity index (χ4n) is 1.45. The molecule has 1 aromatic rings. The van der Waals surface area contributed by atoms with Crippen LogP contribution in [0, 0.1) is 0 Å². The molecule has 102 valence electrons. The molecule has 0 spiro atoms. The number of aliphatic hydroxyl groups is 1. The largest absolute Gasteiger partial charge is 0.492 e. The topological polar surface area (TPSA) is 65.3 Å². The Balaban J connectivity index is 2.11. The van der Waals surface area contributed by atoms with Gasteiger partial charge in [-0.2, -0.15) is 0 Å². The highest BCUT2D eigenvalue weighted by atomic mass is 79.9. The van der Waals surface area contributed by atoms with E-state index in [-0.39, 0.29) is 5.88 Å². The first-order valence-electron chi connectivity index (χ1n) is 5.79. The minimum Gasteiger partial charge on any atom is -0.492 e. The lowest BCUT2D eigenvalue weighted by Gasteiger charge is -2.11. The summed E-state index contributed by atoms with van der Waals surface area (Å²) in [5.41, 5.74) is 0.902. The van der Waals surface area contributed by atoms with Gasteiger partial charge in [0.1, 0.15) is 0 Å². The number of azo groups is 1. The van der Waals surface area contributed by atoms with Crippen molar-refractivity contribution in [3.63, 3.8) is 0 Å². The molecule has 1 aromatic carbocycles. The van der Waals surface area contributed by atoms with Crippen LogP contribution in [-0.2, 0) is 0 Å². The number of amides is 1. The van der Waals surface area contributed by atoms with Gasteiger partial charge in [-0.25, -0.2) is 0 Å². The summed E-state index contributed by atoms with van der Waals surface area (Å²) in [6.07, 6.45) is 6.88. The molecule has 0 atom stereocenters. The van der Waals surface area contributed by atoms with Gasteiger partial charge in [0.15, 0.2) is 0 Å². The summed E-state index contributed by atoms with van der Waals surface area (Å²) in [4.78, 5) is 13.6. The van der Waals surface area contributed by atoms with Gasteiger partial charge in [0.05, 0.1) is 0 Å². The number of allylic oxidation sites excluding steroid dienone is 3. The molecule has 0 radical (unpaired) electrons. The van der Waals surface area contributed by atoms with Gasteiger partial charge in [0, 0.05) is 35.1 Å². The van der Waals surface area contributed by atoms with Crippen LogP contribution in [0.3, 0.4) is 0 Å². The molecule has 0 aliphatic carbocycles. The minimum absolute atomic E-state index is 0.295. The maximum absolute atomic E-state index is 11.7. The molecular weight excluding hydrogens is 322 g/mol. The maximum Gasteiger partial charge on any atom is 0.295 e. The summed E-state index contributed by atoms with van der Waals surface area (Å²) < 4.78 is 0.873. The lowest BCUT2D eigenvalue weighted by atomic mass is 10.2. The van der Waals surface area contributed by atoms with Crippen molar-refractivity contribution in [3.8, 4) is 0 Å². The summed E-state index contributed by atoms with van der Waals surface area (Å²) in [6, 6.07) is 6.74. The van der Waals surface area contributed by atoms with Crippen LogP contribution in [-0.4, -0.2) is 23.0 Å². The average Bonchev–Trinajstić information content (AvgIpc) is 2.46. The van der Waals surface area contributed by atoms with Crippen LogP contribution in [0.1, 0.15) is 10.4 Å². The fourth-order valence-corrected chi connectivity index (χ4v) is 1.72. The van der Waals surface area contributed by atoms with Gasteiger partial charge < -0.3 is 10.0 Å². The van der Waals surface area contributed by atoms with Crippen molar-refractivity contribution in [1.29, 1.82) is 0 Å². The second-order valence-corrected chi connectivity index (χ2v) is 5.00. The molecule has 5 nitrogen and oxygen atoms in total. The number of hydrogen-bond donors (Lipinski definition) is 1. The lowest BCUT2D eigenvalue weighted by molar-refractivity contribution is 0.0992. The number of halogens is 1. The zero-order chi connectivity index (χ0) is 14.5. The molecule has 20 heavy (non-hydrogen) atoms. The molecule has 0 unspecified atom stereocenters. The third kappa shape index (κ3) is 3.64. The van der Waals surface area contributed by atoms with E-state index in [4.69, 9.17) is 0 Å². The normalized spacial score (nSPS) is 14.1. The third-order valence-electron chi connectivity index (χ3n) is 2.56. The Morgan fingerprint density at radius 1 is 1.15 bits per heavy atom. The van der Waals surface area contributed by atoms with E-state index in [0.29, 0.717) is 11.1 Å². The Morgan fingerprint density at radius 3 is 2.35 bits per heavy atom. The molecule has 1 N–H and O–H groups in total. The number of hydrogen-bond acceptors (Lipinski definition) is 4. The first kappa shape index (κ1) is 14.2. The zero-order valence-corrected chi connectivity index (χ0v) is 12.3. The lowest BCUT2D eigenvalue weighted by Crippen LogP contribution is -2.04. The number of aliphatic hydroxyl groups excluding tert-OH is 1. The highest BCUT2D eigenvalue weighted by Gasteiger charge is 2.06. The summed E-state index contributed by atoms with van der Waals surface area (Å²) in [6.45, 7) is 0. The summed E-state index contributed by atoms with van der Waals surface area (Å²) >= 11 is 3.28. The summed E-state index contributed by atoms with van der Waals surface area (Å²) in [7, 11) is 1.86. The van der Waals surface area contributed by atoms with Gasteiger partial charge in [-0.15, -0.1) is 10.2 Å². The van der Waals surface area contributed by atoms with Crippen molar-refractivity contribution in [2.75, 3.05) is 7.05 Å². The number of rotatable bonds is 2. The number of carbonyl (C=O) groups excluding carboxylic acids is 1. The molecular formula is C14H12BrN3O2. The maximum atomic E-state index is 11.7. The summed E-state index contributed by atoms with van der Waals surface area (Å²) in [5.74, 6) is -0.804. The second-order valence-electron chi connectivity index (χ2n) is 4.09. The zero-order valence-electron chi connectivity index (χ0n) is 10.7. The van der Waals surface area contributed by atoms with Crippen LogP contribution in [0.25, 0.3) is 0 Å². The molecule has 6 heteroatoms. The molecule has 1 heterocycles. The molecule has 0 aromatic heterocycles. The van der Waals surface area contributed by atoms with Crippen LogP contribution in [0.4, 0.5) is 0 Å². The van der Waals surface area contributed by atoms with Crippen LogP contribution >= 0.6 is 15.9 Å². The Kier molecular flexibility index (Phi) is 4.47. The van der Waals surface area contributed by atoms with E-state index in [1.165, 1.54) is 0 Å². The van der Waals surface area contributed by atoms with E-state index >= 15 is 0 Å². The quantitative estimate of drug-likeness (QED) is 0.661. The van der Waals surface area contributed by atoms with Gasteiger partial charge in [0.2, 0.25) is 5.88 Å². The molecule has 2 rings (SSSR count). The van der Waals surface area contributed by atoms with Gasteiger partial charge >= 0.3 is 0 Å². The average molecular weight is 334 g/mol. The monoisotopic (exact) mass is 333 g/mol. The first-order chi connectivity index (χ1) is 9.56. The predicted octanol–water partition coefficient (Wildman–Crippen LogP) is 3.78. The van der Waals surface area contributed by atoms with Gasteiger partial charge in [-0.1, -0.05) is 15.9 Å². The Labute approximate surface area is 124 Å². The van der Waals surface area contributed by atoms with Crippen LogP contribution in [0.2, 0.25) is 0 Å². The molecule has 0 saturated heterocycles. The first-order valence-corrected chi connectivity index (χ1v) is 6.59. The highest BCUT2D eigenvalue weighted by Crippen LogP contribution is 2.14. The molecule has 0 saturated carbocycles. The SMILES string of the molecule is CN1C=CC(=C(O)N=NC(=O)c2ccc(Br)cc2)C=C1. The van der Waals surface area contributed by atoms with Crippen molar-refractivity contribution in [3.05, 3.63) is 70.3 Å². The van der Waals surface area contributed by atoms with Crippen molar-refractivity contribution in [2.24, 2.45) is 10.2 Å². The summed E-state index contributed by atoms with van der Waals surface area (Å²) in [5, 5.41) is 16.8. The van der Waals surface area contributed by atoms with E-state index < -0.39 is 5.91 Å². The van der Waals surface area contributed by atoms with Crippen LogP contribution in [0.15, 0.2) is 75.0 Å². The molecule has 1 amide bonds. The van der Waals surface area contributed by atoms with Crippen LogP contribution in [0.5, 0.6) is 0 Å². The van der Waals surface area contributed by atoms with Crippen molar-refractivity contribution < 1.29 is 9.90 Å². The Morgan fingerprint density at radius 2 is 1.75 bits per heavy atom. The fraction of sp³-hybridized carbons (Fsp3) is 0.0714. The number of nitrogens with zero attached hydrogens (tertiary/aromatic N) is 3. The van der Waals surface area contributed by atoms with E-state index in [9.17, 15) is 9.90 Å². The standard InChI is InChI=1S/C14H12BrN3O2/c1-18-8-6-11(7-9-18)14(20)17-16-13(19)10-2-4-12(15)5-3-10/h2-9,20H,1H3. The van der Waals surface area contributed by atoms with E-state index in [1.54, 1.807) is 48.8 Å². The minimum atomic E-state index is -0.509. The van der Waals surface area contributed by atoms with Crippen molar-refractivity contribution in [1.82, 2.24) is 4.90 Å². The number of carbonyl (C=O) groups is 1. The molecule has 0 bridgehead atoms. The molecule has 1 aliphatic rings. The predicted molar refractivity (Wildman–Crippen MR) is 79.0 cm³/mol. The molecule has 0 fully saturated rings. The van der Waals surface area contributed by atoms with Crippen LogP contribution < -0.4 is 0 Å². The Hall–Kier alpha value is -2.21.